The molecule has 32 heavy (non-hydrogen) atoms. The van der Waals surface area contributed by atoms with Crippen molar-refractivity contribution >= 4 is 17.3 Å². The van der Waals surface area contributed by atoms with Gasteiger partial charge in [-0.15, -0.1) is 0 Å². The zero-order valence-electron chi connectivity index (χ0n) is 17.0. The van der Waals surface area contributed by atoms with Crippen molar-refractivity contribution in [3.05, 3.63) is 106 Å². The lowest BCUT2D eigenvalue weighted by molar-refractivity contribution is -0.384. The maximum atomic E-state index is 13.4. The Labute approximate surface area is 183 Å². The number of nitrogens with one attached hydrogen (secondary N) is 1. The molecule has 0 radical (unpaired) electrons. The van der Waals surface area contributed by atoms with E-state index in [4.69, 9.17) is 5.10 Å². The van der Waals surface area contributed by atoms with Crippen LogP contribution in [0, 0.1) is 28.4 Å². The average molecular weight is 423 g/mol. The van der Waals surface area contributed by atoms with Crippen LogP contribution in [0.1, 0.15) is 21.6 Å². The standard InChI is InChI=1S/C24H17N5O3/c1-16-22(24(30)26-21-13-12-20(29(31)32)14-18(21)15-25)23(17-8-4-2-5-9-17)27-28(16)19-10-6-3-7-11-19/h2-14H,1H3,(H,26,30). The van der Waals surface area contributed by atoms with Gasteiger partial charge in [0.05, 0.1) is 33.1 Å². The third-order valence-electron chi connectivity index (χ3n) is 4.97. The highest BCUT2D eigenvalue weighted by molar-refractivity contribution is 6.09. The number of non-ortho nitro benzene ring substituents is 1. The fraction of sp³-hybridized carbons (Fsp3) is 0.0417. The van der Waals surface area contributed by atoms with Crippen LogP contribution in [0.25, 0.3) is 16.9 Å². The Bertz CT molecular complexity index is 1360. The maximum absolute atomic E-state index is 13.4. The van der Waals surface area contributed by atoms with Crippen molar-refractivity contribution in [3.8, 4) is 23.0 Å². The molecule has 1 amide bonds. The van der Waals surface area contributed by atoms with Crippen molar-refractivity contribution in [3.63, 3.8) is 0 Å². The summed E-state index contributed by atoms with van der Waals surface area (Å²) in [7, 11) is 0. The molecule has 0 unspecified atom stereocenters. The monoisotopic (exact) mass is 423 g/mol. The number of carbonyl (C=O) groups is 1. The van der Waals surface area contributed by atoms with E-state index < -0.39 is 10.8 Å². The largest absolute Gasteiger partial charge is 0.321 e. The summed E-state index contributed by atoms with van der Waals surface area (Å²) < 4.78 is 1.69. The van der Waals surface area contributed by atoms with Gasteiger partial charge < -0.3 is 5.32 Å². The highest BCUT2D eigenvalue weighted by Gasteiger charge is 2.24. The molecule has 4 rings (SSSR count). The van der Waals surface area contributed by atoms with Gasteiger partial charge in [-0.25, -0.2) is 4.68 Å². The minimum atomic E-state index is -0.589. The van der Waals surface area contributed by atoms with E-state index in [1.165, 1.54) is 12.1 Å². The number of rotatable bonds is 5. The quantitative estimate of drug-likeness (QED) is 0.363. The first-order valence-electron chi connectivity index (χ1n) is 9.70. The van der Waals surface area contributed by atoms with Gasteiger partial charge in [0.1, 0.15) is 11.8 Å². The summed E-state index contributed by atoms with van der Waals surface area (Å²) in [6.07, 6.45) is 0. The van der Waals surface area contributed by atoms with E-state index in [0.29, 0.717) is 17.0 Å². The molecule has 8 heteroatoms. The van der Waals surface area contributed by atoms with Crippen molar-refractivity contribution in [2.45, 2.75) is 6.92 Å². The Hall–Kier alpha value is -4.77. The Morgan fingerprint density at radius 1 is 1.06 bits per heavy atom. The Balaban J connectivity index is 1.81. The SMILES string of the molecule is Cc1c(C(=O)Nc2ccc([N+](=O)[O-])cc2C#N)c(-c2ccccc2)nn1-c1ccccc1. The number of nitro benzene ring substituents is 1. The van der Waals surface area contributed by atoms with E-state index in [0.717, 1.165) is 17.3 Å². The average Bonchev–Trinajstić information content (AvgIpc) is 3.17. The Morgan fingerprint density at radius 2 is 1.72 bits per heavy atom. The van der Waals surface area contributed by atoms with Gasteiger partial charge in [0.25, 0.3) is 11.6 Å². The van der Waals surface area contributed by atoms with Gasteiger partial charge in [-0.05, 0) is 25.1 Å². The predicted octanol–water partition coefficient (Wildman–Crippen LogP) is 4.88. The first-order valence-corrected chi connectivity index (χ1v) is 9.70. The maximum Gasteiger partial charge on any atom is 0.270 e. The zero-order chi connectivity index (χ0) is 22.7. The number of hydrogen-bond acceptors (Lipinski definition) is 5. The molecule has 1 aromatic heterocycles. The number of nitriles is 1. The van der Waals surface area contributed by atoms with Crippen molar-refractivity contribution in [1.29, 1.82) is 5.26 Å². The second-order valence-corrected chi connectivity index (χ2v) is 6.98. The van der Waals surface area contributed by atoms with Crippen LogP contribution in [0.3, 0.4) is 0 Å². The summed E-state index contributed by atoms with van der Waals surface area (Å²) in [6, 6.07) is 24.4. The fourth-order valence-corrected chi connectivity index (χ4v) is 3.42. The molecular formula is C24H17N5O3. The second kappa shape index (κ2) is 8.53. The third-order valence-corrected chi connectivity index (χ3v) is 4.97. The van der Waals surface area contributed by atoms with Crippen molar-refractivity contribution in [2.24, 2.45) is 0 Å². The van der Waals surface area contributed by atoms with E-state index in [-0.39, 0.29) is 16.9 Å². The molecule has 0 atom stereocenters. The van der Waals surface area contributed by atoms with E-state index in [9.17, 15) is 20.2 Å². The van der Waals surface area contributed by atoms with Gasteiger partial charge in [-0.3, -0.25) is 14.9 Å². The number of benzene rings is 3. The smallest absolute Gasteiger partial charge is 0.270 e. The van der Waals surface area contributed by atoms with Crippen LogP contribution < -0.4 is 5.32 Å². The second-order valence-electron chi connectivity index (χ2n) is 6.98. The number of anilines is 1. The Morgan fingerprint density at radius 3 is 2.34 bits per heavy atom. The van der Waals surface area contributed by atoms with Crippen LogP contribution in [0.4, 0.5) is 11.4 Å². The van der Waals surface area contributed by atoms with Gasteiger partial charge in [-0.1, -0.05) is 48.5 Å². The third kappa shape index (κ3) is 3.82. The summed E-state index contributed by atoms with van der Waals surface area (Å²) in [5.41, 5.74) is 2.99. The van der Waals surface area contributed by atoms with Gasteiger partial charge in [0.15, 0.2) is 0 Å². The van der Waals surface area contributed by atoms with E-state index in [1.54, 1.807) is 11.6 Å². The molecule has 1 N–H and O–H groups in total. The molecule has 4 aromatic rings. The molecule has 0 aliphatic carbocycles. The molecule has 0 saturated carbocycles. The summed E-state index contributed by atoms with van der Waals surface area (Å²) in [6.45, 7) is 1.79. The molecule has 156 valence electrons. The van der Waals surface area contributed by atoms with Crippen LogP contribution in [-0.4, -0.2) is 20.6 Å². The number of para-hydroxylation sites is 1. The van der Waals surface area contributed by atoms with E-state index in [2.05, 4.69) is 5.32 Å². The zero-order valence-corrected chi connectivity index (χ0v) is 17.0. The highest BCUT2D eigenvalue weighted by Crippen LogP contribution is 2.29. The first-order chi connectivity index (χ1) is 15.5. The van der Waals surface area contributed by atoms with Crippen LogP contribution in [0.2, 0.25) is 0 Å². The number of hydrogen-bond donors (Lipinski definition) is 1. The molecule has 0 fully saturated rings. The van der Waals surface area contributed by atoms with Gasteiger partial charge >= 0.3 is 0 Å². The molecule has 0 aliphatic heterocycles. The van der Waals surface area contributed by atoms with E-state index in [1.807, 2.05) is 66.7 Å². The summed E-state index contributed by atoms with van der Waals surface area (Å²) in [5, 5.41) is 27.8. The molecule has 8 nitrogen and oxygen atoms in total. The topological polar surface area (TPSA) is 114 Å². The molecule has 0 spiro atoms. The van der Waals surface area contributed by atoms with Crippen LogP contribution in [0.15, 0.2) is 78.9 Å². The van der Waals surface area contributed by atoms with Crippen molar-refractivity contribution in [2.75, 3.05) is 5.32 Å². The lowest BCUT2D eigenvalue weighted by atomic mass is 10.0. The van der Waals surface area contributed by atoms with Gasteiger partial charge in [0.2, 0.25) is 0 Å². The van der Waals surface area contributed by atoms with Crippen LogP contribution in [-0.2, 0) is 0 Å². The van der Waals surface area contributed by atoms with Crippen LogP contribution >= 0.6 is 0 Å². The van der Waals surface area contributed by atoms with Crippen molar-refractivity contribution < 1.29 is 9.72 Å². The molecule has 1 heterocycles. The fourth-order valence-electron chi connectivity index (χ4n) is 3.42. The first kappa shape index (κ1) is 20.5. The van der Waals surface area contributed by atoms with E-state index >= 15 is 0 Å². The number of carbonyl (C=O) groups excluding carboxylic acids is 1. The number of nitrogens with zero attached hydrogens (tertiary/aromatic N) is 4. The minimum Gasteiger partial charge on any atom is -0.321 e. The molecule has 0 saturated heterocycles. The molecule has 0 aliphatic rings. The van der Waals surface area contributed by atoms with Gasteiger partial charge in [0, 0.05) is 17.7 Å². The Kier molecular flexibility index (Phi) is 5.47. The highest BCUT2D eigenvalue weighted by atomic mass is 16.6. The van der Waals surface area contributed by atoms with Gasteiger partial charge in [-0.2, -0.15) is 10.4 Å². The lowest BCUT2D eigenvalue weighted by Gasteiger charge is -2.09. The molecule has 0 bridgehead atoms. The lowest BCUT2D eigenvalue weighted by Crippen LogP contribution is -2.15. The number of amides is 1. The summed E-state index contributed by atoms with van der Waals surface area (Å²) in [4.78, 5) is 23.8. The minimum absolute atomic E-state index is 0.00177. The van der Waals surface area contributed by atoms with Crippen LogP contribution in [0.5, 0.6) is 0 Å². The normalized spacial score (nSPS) is 10.4. The molecule has 3 aromatic carbocycles. The number of aromatic nitrogens is 2. The van der Waals surface area contributed by atoms with Crippen molar-refractivity contribution in [1.82, 2.24) is 9.78 Å². The predicted molar refractivity (Wildman–Crippen MR) is 120 cm³/mol. The summed E-state index contributed by atoms with van der Waals surface area (Å²) in [5.74, 6) is -0.464. The summed E-state index contributed by atoms with van der Waals surface area (Å²) >= 11 is 0. The number of nitro groups is 1. The molecular weight excluding hydrogens is 406 g/mol.